The molecule has 4 aliphatic carbocycles. The van der Waals surface area contributed by atoms with Crippen molar-refractivity contribution in [2.45, 2.75) is 44.4 Å². The first-order valence-electron chi connectivity index (χ1n) is 9.21. The van der Waals surface area contributed by atoms with E-state index in [4.69, 9.17) is 11.6 Å². The first-order valence-corrected chi connectivity index (χ1v) is 9.59. The first-order chi connectivity index (χ1) is 11.6. The standard InChI is InChI=1S/C20H24ClN3/c1-24-12-22-23-18(24)11-20-9-13-6-14(10-20)8-16(7-13)19(20)15-2-4-17(21)5-3-15/h2-5,12-14,16,19H,6-11H2,1H3. The lowest BCUT2D eigenvalue weighted by molar-refractivity contribution is -0.0765. The van der Waals surface area contributed by atoms with E-state index in [1.165, 1.54) is 37.7 Å². The predicted octanol–water partition coefficient (Wildman–Crippen LogP) is 4.62. The van der Waals surface area contributed by atoms with Gasteiger partial charge in [0, 0.05) is 18.5 Å². The first kappa shape index (κ1) is 14.9. The molecule has 0 spiro atoms. The molecule has 4 heteroatoms. The summed E-state index contributed by atoms with van der Waals surface area (Å²) in [7, 11) is 2.08. The van der Waals surface area contributed by atoms with E-state index >= 15 is 0 Å². The average molecular weight is 342 g/mol. The van der Waals surface area contributed by atoms with Crippen LogP contribution in [-0.4, -0.2) is 14.8 Å². The highest BCUT2D eigenvalue weighted by atomic mass is 35.5. The number of aromatic nitrogens is 3. The summed E-state index contributed by atoms with van der Waals surface area (Å²) in [5.74, 6) is 4.50. The maximum atomic E-state index is 6.15. The van der Waals surface area contributed by atoms with Crippen molar-refractivity contribution in [1.82, 2.24) is 14.8 Å². The number of hydrogen-bond acceptors (Lipinski definition) is 2. The van der Waals surface area contributed by atoms with Crippen LogP contribution in [0.5, 0.6) is 0 Å². The van der Waals surface area contributed by atoms with Crippen LogP contribution >= 0.6 is 11.6 Å². The molecule has 2 aromatic rings. The van der Waals surface area contributed by atoms with Gasteiger partial charge in [0.15, 0.2) is 0 Å². The minimum atomic E-state index is 0.364. The number of halogens is 1. The third-order valence-corrected chi connectivity index (χ3v) is 7.26. The van der Waals surface area contributed by atoms with Gasteiger partial charge in [0.2, 0.25) is 0 Å². The fourth-order valence-corrected chi connectivity index (χ4v) is 6.67. The highest BCUT2D eigenvalue weighted by Gasteiger charge is 2.57. The number of aryl methyl sites for hydroxylation is 1. The summed E-state index contributed by atoms with van der Waals surface area (Å²) < 4.78 is 2.11. The van der Waals surface area contributed by atoms with Gasteiger partial charge in [-0.1, -0.05) is 23.7 Å². The summed E-state index contributed by atoms with van der Waals surface area (Å²) in [6, 6.07) is 8.68. The lowest BCUT2D eigenvalue weighted by Crippen LogP contribution is -2.52. The van der Waals surface area contributed by atoms with Crippen LogP contribution in [0.25, 0.3) is 0 Å². The molecule has 1 heterocycles. The third-order valence-electron chi connectivity index (χ3n) is 7.00. The number of benzene rings is 1. The van der Waals surface area contributed by atoms with Crippen LogP contribution in [0.4, 0.5) is 0 Å². The molecule has 0 saturated heterocycles. The maximum Gasteiger partial charge on any atom is 0.133 e. The molecular weight excluding hydrogens is 318 g/mol. The minimum absolute atomic E-state index is 0.364. The molecule has 0 radical (unpaired) electrons. The summed E-state index contributed by atoms with van der Waals surface area (Å²) in [6.07, 6.45) is 9.94. The zero-order valence-corrected chi connectivity index (χ0v) is 14.9. The molecule has 3 atom stereocenters. The second-order valence-electron chi connectivity index (χ2n) is 8.53. The Bertz CT molecular complexity index is 736. The monoisotopic (exact) mass is 341 g/mol. The van der Waals surface area contributed by atoms with E-state index in [1.807, 2.05) is 6.33 Å². The Labute approximate surface area is 148 Å². The van der Waals surface area contributed by atoms with Gasteiger partial charge in [0.25, 0.3) is 0 Å². The van der Waals surface area contributed by atoms with Crippen LogP contribution in [0.2, 0.25) is 5.02 Å². The molecule has 0 N–H and O–H groups in total. The van der Waals surface area contributed by atoms with E-state index in [1.54, 1.807) is 0 Å². The second kappa shape index (κ2) is 5.32. The van der Waals surface area contributed by atoms with Gasteiger partial charge in [-0.25, -0.2) is 0 Å². The molecule has 4 aliphatic rings. The Morgan fingerprint density at radius 3 is 2.46 bits per heavy atom. The lowest BCUT2D eigenvalue weighted by atomic mass is 9.43. The topological polar surface area (TPSA) is 30.7 Å². The van der Waals surface area contributed by atoms with Crippen molar-refractivity contribution in [2.24, 2.45) is 30.2 Å². The van der Waals surface area contributed by atoms with Crippen molar-refractivity contribution in [3.8, 4) is 0 Å². The van der Waals surface area contributed by atoms with Gasteiger partial charge in [-0.2, -0.15) is 0 Å². The molecule has 4 saturated carbocycles. The van der Waals surface area contributed by atoms with Crippen molar-refractivity contribution in [3.63, 3.8) is 0 Å². The Balaban J connectivity index is 1.58. The molecule has 0 amide bonds. The molecule has 4 fully saturated rings. The largest absolute Gasteiger partial charge is 0.321 e. The van der Waals surface area contributed by atoms with Crippen molar-refractivity contribution in [3.05, 3.63) is 47.0 Å². The molecule has 3 unspecified atom stereocenters. The summed E-state index contributed by atoms with van der Waals surface area (Å²) in [5.41, 5.74) is 1.86. The van der Waals surface area contributed by atoms with Crippen LogP contribution in [0.15, 0.2) is 30.6 Å². The van der Waals surface area contributed by atoms with E-state index in [0.29, 0.717) is 11.3 Å². The van der Waals surface area contributed by atoms with E-state index in [9.17, 15) is 0 Å². The van der Waals surface area contributed by atoms with Crippen LogP contribution in [0.1, 0.15) is 49.4 Å². The van der Waals surface area contributed by atoms with Gasteiger partial charge in [-0.15, -0.1) is 10.2 Å². The predicted molar refractivity (Wildman–Crippen MR) is 94.9 cm³/mol. The molecule has 0 aliphatic heterocycles. The Kier molecular flexibility index (Phi) is 3.31. The van der Waals surface area contributed by atoms with Crippen molar-refractivity contribution in [1.29, 1.82) is 0 Å². The normalized spacial score (nSPS) is 37.1. The SMILES string of the molecule is Cn1cnnc1CC12CC3CC(CC(C3)C1c1ccc(Cl)cc1)C2. The third kappa shape index (κ3) is 2.24. The summed E-state index contributed by atoms with van der Waals surface area (Å²) in [4.78, 5) is 0. The van der Waals surface area contributed by atoms with Gasteiger partial charge >= 0.3 is 0 Å². The molecule has 4 bridgehead atoms. The highest BCUT2D eigenvalue weighted by Crippen LogP contribution is 2.66. The van der Waals surface area contributed by atoms with Crippen LogP contribution < -0.4 is 0 Å². The summed E-state index contributed by atoms with van der Waals surface area (Å²) >= 11 is 6.15. The van der Waals surface area contributed by atoms with Crippen molar-refractivity contribution < 1.29 is 0 Å². The van der Waals surface area contributed by atoms with Crippen molar-refractivity contribution in [2.75, 3.05) is 0 Å². The van der Waals surface area contributed by atoms with Gasteiger partial charge in [-0.05, 0) is 78.9 Å². The van der Waals surface area contributed by atoms with Gasteiger partial charge < -0.3 is 4.57 Å². The second-order valence-corrected chi connectivity index (χ2v) is 8.97. The number of nitrogens with zero attached hydrogens (tertiary/aromatic N) is 3. The smallest absolute Gasteiger partial charge is 0.133 e. The Morgan fingerprint density at radius 2 is 1.83 bits per heavy atom. The summed E-state index contributed by atoms with van der Waals surface area (Å²) in [6.45, 7) is 0. The number of hydrogen-bond donors (Lipinski definition) is 0. The Hall–Kier alpha value is -1.35. The van der Waals surface area contributed by atoms with Crippen LogP contribution in [0, 0.1) is 23.2 Å². The molecule has 24 heavy (non-hydrogen) atoms. The molecule has 6 rings (SSSR count). The molecule has 1 aromatic carbocycles. The zero-order valence-electron chi connectivity index (χ0n) is 14.2. The molecule has 126 valence electrons. The fraction of sp³-hybridized carbons (Fsp3) is 0.600. The summed E-state index contributed by atoms with van der Waals surface area (Å²) in [5, 5.41) is 9.39. The lowest BCUT2D eigenvalue weighted by Gasteiger charge is -2.61. The quantitative estimate of drug-likeness (QED) is 0.815. The molecule has 3 nitrogen and oxygen atoms in total. The van der Waals surface area contributed by atoms with E-state index in [-0.39, 0.29) is 0 Å². The molecule has 1 aromatic heterocycles. The fourth-order valence-electron chi connectivity index (χ4n) is 6.54. The van der Waals surface area contributed by atoms with Gasteiger partial charge in [-0.3, -0.25) is 0 Å². The minimum Gasteiger partial charge on any atom is -0.321 e. The molecular formula is C20H24ClN3. The zero-order chi connectivity index (χ0) is 16.3. The van der Waals surface area contributed by atoms with Crippen LogP contribution in [-0.2, 0) is 13.5 Å². The van der Waals surface area contributed by atoms with E-state index in [0.717, 1.165) is 35.0 Å². The van der Waals surface area contributed by atoms with Gasteiger partial charge in [0.1, 0.15) is 12.2 Å². The van der Waals surface area contributed by atoms with Crippen LogP contribution in [0.3, 0.4) is 0 Å². The Morgan fingerprint density at radius 1 is 1.12 bits per heavy atom. The number of rotatable bonds is 3. The van der Waals surface area contributed by atoms with Gasteiger partial charge in [0.05, 0.1) is 0 Å². The van der Waals surface area contributed by atoms with E-state index < -0.39 is 0 Å². The maximum absolute atomic E-state index is 6.15. The van der Waals surface area contributed by atoms with Crippen molar-refractivity contribution >= 4 is 11.6 Å². The average Bonchev–Trinajstić information content (AvgIpc) is 2.93. The highest BCUT2D eigenvalue weighted by molar-refractivity contribution is 6.30. The van der Waals surface area contributed by atoms with E-state index in [2.05, 4.69) is 46.1 Å².